The molecule has 0 amide bonds. The van der Waals surface area contributed by atoms with E-state index in [1.807, 2.05) is 26.8 Å². The number of carbonyl (C=O) groups excluding carboxylic acids is 1. The van der Waals surface area contributed by atoms with Crippen molar-refractivity contribution >= 4 is 21.7 Å². The minimum atomic E-state index is -0.291. The van der Waals surface area contributed by atoms with Crippen molar-refractivity contribution in [2.24, 2.45) is 5.41 Å². The molecule has 18 heavy (non-hydrogen) atoms. The molecule has 0 aliphatic carbocycles. The van der Waals surface area contributed by atoms with Crippen molar-refractivity contribution in [2.45, 2.75) is 51.8 Å². The normalized spacial score (nSPS) is 13.7. The van der Waals surface area contributed by atoms with E-state index >= 15 is 0 Å². The zero-order valence-corrected chi connectivity index (χ0v) is 13.5. The third kappa shape index (κ3) is 3.94. The van der Waals surface area contributed by atoms with Gasteiger partial charge in [0, 0.05) is 5.41 Å². The predicted octanol–water partition coefficient (Wildman–Crippen LogP) is 4.73. The SMILES string of the molecule is CC(C)c1ccccc1CC(Br)C(=O)C(C)(C)C. The second-order valence-electron chi connectivity index (χ2n) is 6.14. The molecule has 0 aromatic heterocycles. The molecule has 2 heteroatoms. The third-order valence-corrected chi connectivity index (χ3v) is 3.84. The van der Waals surface area contributed by atoms with Crippen molar-refractivity contribution < 1.29 is 4.79 Å². The first-order chi connectivity index (χ1) is 8.23. The van der Waals surface area contributed by atoms with Crippen LogP contribution < -0.4 is 0 Å². The maximum absolute atomic E-state index is 12.2. The monoisotopic (exact) mass is 310 g/mol. The van der Waals surface area contributed by atoms with Gasteiger partial charge >= 0.3 is 0 Å². The highest BCUT2D eigenvalue weighted by atomic mass is 79.9. The molecule has 0 spiro atoms. The molecule has 1 atom stereocenters. The minimum Gasteiger partial charge on any atom is -0.298 e. The highest BCUT2D eigenvalue weighted by Crippen LogP contribution is 2.26. The lowest BCUT2D eigenvalue weighted by molar-refractivity contribution is -0.125. The number of alkyl halides is 1. The maximum atomic E-state index is 12.2. The summed E-state index contributed by atoms with van der Waals surface area (Å²) in [6, 6.07) is 8.39. The van der Waals surface area contributed by atoms with Gasteiger partial charge in [0.05, 0.1) is 4.83 Å². The summed E-state index contributed by atoms with van der Waals surface area (Å²) < 4.78 is 0. The second kappa shape index (κ2) is 6.01. The van der Waals surface area contributed by atoms with E-state index in [4.69, 9.17) is 0 Å². The topological polar surface area (TPSA) is 17.1 Å². The van der Waals surface area contributed by atoms with Crippen LogP contribution in [0.25, 0.3) is 0 Å². The van der Waals surface area contributed by atoms with Gasteiger partial charge < -0.3 is 0 Å². The number of hydrogen-bond acceptors (Lipinski definition) is 1. The Kier molecular flexibility index (Phi) is 5.15. The number of Topliss-reactive ketones (excluding diaryl/α,β-unsaturated/α-hetero) is 1. The van der Waals surface area contributed by atoms with Crippen LogP contribution in [-0.2, 0) is 11.2 Å². The molecule has 0 N–H and O–H groups in total. The molecular weight excluding hydrogens is 288 g/mol. The zero-order valence-electron chi connectivity index (χ0n) is 12.0. The van der Waals surface area contributed by atoms with Crippen LogP contribution in [0, 0.1) is 5.41 Å². The number of halogens is 1. The van der Waals surface area contributed by atoms with Gasteiger partial charge in [-0.3, -0.25) is 4.79 Å². The van der Waals surface area contributed by atoms with Gasteiger partial charge in [-0.15, -0.1) is 0 Å². The van der Waals surface area contributed by atoms with E-state index in [2.05, 4.69) is 48.0 Å². The summed E-state index contributed by atoms with van der Waals surface area (Å²) in [5.41, 5.74) is 2.32. The lowest BCUT2D eigenvalue weighted by Crippen LogP contribution is -2.30. The standard InChI is InChI=1S/C16H23BrO/c1-11(2)13-9-7-6-8-12(13)10-14(17)15(18)16(3,4)5/h6-9,11,14H,10H2,1-5H3. The number of ketones is 1. The molecule has 1 nitrogen and oxygen atoms in total. The second-order valence-corrected chi connectivity index (χ2v) is 7.24. The van der Waals surface area contributed by atoms with Gasteiger partial charge in [0.1, 0.15) is 0 Å². The number of rotatable bonds is 4. The Hall–Kier alpha value is -0.630. The van der Waals surface area contributed by atoms with Crippen LogP contribution in [-0.4, -0.2) is 10.6 Å². The van der Waals surface area contributed by atoms with Crippen molar-refractivity contribution in [3.8, 4) is 0 Å². The van der Waals surface area contributed by atoms with E-state index < -0.39 is 0 Å². The number of hydrogen-bond donors (Lipinski definition) is 0. The highest BCUT2D eigenvalue weighted by Gasteiger charge is 2.28. The van der Waals surface area contributed by atoms with Gasteiger partial charge in [0.25, 0.3) is 0 Å². The molecule has 0 saturated heterocycles. The maximum Gasteiger partial charge on any atom is 0.152 e. The van der Waals surface area contributed by atoms with Crippen molar-refractivity contribution in [1.82, 2.24) is 0 Å². The van der Waals surface area contributed by atoms with E-state index in [9.17, 15) is 4.79 Å². The fourth-order valence-corrected chi connectivity index (χ4v) is 3.07. The third-order valence-electron chi connectivity index (χ3n) is 3.10. The molecule has 0 fully saturated rings. The average molecular weight is 311 g/mol. The molecule has 0 bridgehead atoms. The van der Waals surface area contributed by atoms with E-state index in [0.29, 0.717) is 5.92 Å². The van der Waals surface area contributed by atoms with Crippen LogP contribution in [0.1, 0.15) is 51.7 Å². The summed E-state index contributed by atoms with van der Waals surface area (Å²) >= 11 is 3.55. The van der Waals surface area contributed by atoms with Crippen LogP contribution >= 0.6 is 15.9 Å². The molecule has 0 radical (unpaired) electrons. The van der Waals surface area contributed by atoms with Crippen LogP contribution in [0.2, 0.25) is 0 Å². The molecule has 1 unspecified atom stereocenters. The summed E-state index contributed by atoms with van der Waals surface area (Å²) in [4.78, 5) is 12.1. The van der Waals surface area contributed by atoms with Crippen molar-refractivity contribution in [3.05, 3.63) is 35.4 Å². The number of carbonyl (C=O) groups is 1. The molecule has 1 aromatic carbocycles. The molecule has 1 rings (SSSR count). The average Bonchev–Trinajstić information content (AvgIpc) is 2.27. The predicted molar refractivity (Wildman–Crippen MR) is 81.4 cm³/mol. The molecule has 0 saturated carbocycles. The summed E-state index contributed by atoms with van der Waals surface area (Å²) in [6.07, 6.45) is 0.768. The van der Waals surface area contributed by atoms with Crippen LogP contribution in [0.5, 0.6) is 0 Å². The van der Waals surface area contributed by atoms with Gasteiger partial charge in [-0.05, 0) is 23.5 Å². The minimum absolute atomic E-state index is 0.0996. The van der Waals surface area contributed by atoms with Gasteiger partial charge in [-0.1, -0.05) is 74.8 Å². The van der Waals surface area contributed by atoms with Crippen molar-refractivity contribution in [2.75, 3.05) is 0 Å². The first kappa shape index (κ1) is 15.4. The van der Waals surface area contributed by atoms with Crippen molar-refractivity contribution in [3.63, 3.8) is 0 Å². The molecule has 0 heterocycles. The Bertz CT molecular complexity index is 415. The van der Waals surface area contributed by atoms with Gasteiger partial charge in [-0.25, -0.2) is 0 Å². The van der Waals surface area contributed by atoms with E-state index in [1.54, 1.807) is 0 Å². The van der Waals surface area contributed by atoms with Crippen LogP contribution in [0.3, 0.4) is 0 Å². The van der Waals surface area contributed by atoms with Crippen molar-refractivity contribution in [1.29, 1.82) is 0 Å². The molecule has 0 aliphatic heterocycles. The molecule has 100 valence electrons. The summed E-state index contributed by atoms with van der Waals surface area (Å²) in [7, 11) is 0. The highest BCUT2D eigenvalue weighted by molar-refractivity contribution is 9.10. The fourth-order valence-electron chi connectivity index (χ4n) is 2.04. The summed E-state index contributed by atoms with van der Waals surface area (Å²) in [6.45, 7) is 10.3. The molecular formula is C16H23BrO. The Morgan fingerprint density at radius 1 is 1.22 bits per heavy atom. The smallest absolute Gasteiger partial charge is 0.152 e. The Labute approximate surface area is 119 Å². The number of benzene rings is 1. The van der Waals surface area contributed by atoms with E-state index in [-0.39, 0.29) is 16.0 Å². The Morgan fingerprint density at radius 3 is 2.28 bits per heavy atom. The van der Waals surface area contributed by atoms with E-state index in [1.165, 1.54) is 11.1 Å². The zero-order chi connectivity index (χ0) is 13.9. The Balaban J connectivity index is 2.89. The molecule has 1 aromatic rings. The lowest BCUT2D eigenvalue weighted by atomic mass is 9.86. The Morgan fingerprint density at radius 2 is 1.78 bits per heavy atom. The van der Waals surface area contributed by atoms with Gasteiger partial charge in [0.2, 0.25) is 0 Å². The van der Waals surface area contributed by atoms with Gasteiger partial charge in [0.15, 0.2) is 5.78 Å². The van der Waals surface area contributed by atoms with Crippen LogP contribution in [0.15, 0.2) is 24.3 Å². The first-order valence-corrected chi connectivity index (χ1v) is 7.41. The van der Waals surface area contributed by atoms with Gasteiger partial charge in [-0.2, -0.15) is 0 Å². The first-order valence-electron chi connectivity index (χ1n) is 6.49. The van der Waals surface area contributed by atoms with E-state index in [0.717, 1.165) is 6.42 Å². The fraction of sp³-hybridized carbons (Fsp3) is 0.562. The molecule has 0 aliphatic rings. The lowest BCUT2D eigenvalue weighted by Gasteiger charge is -2.22. The van der Waals surface area contributed by atoms with Crippen LogP contribution in [0.4, 0.5) is 0 Å². The summed E-state index contributed by atoms with van der Waals surface area (Å²) in [5, 5.41) is 0. The largest absolute Gasteiger partial charge is 0.298 e. The summed E-state index contributed by atoms with van der Waals surface area (Å²) in [5.74, 6) is 0.756. The quantitative estimate of drug-likeness (QED) is 0.735.